The van der Waals surface area contributed by atoms with Crippen LogP contribution in [0.15, 0.2) is 30.6 Å². The maximum atomic E-state index is 9.02. The second-order valence-electron chi connectivity index (χ2n) is 3.46. The highest BCUT2D eigenvalue weighted by atomic mass is 16.5. The van der Waals surface area contributed by atoms with E-state index in [1.807, 2.05) is 13.1 Å². The number of hydrogen-bond acceptors (Lipinski definition) is 3. The summed E-state index contributed by atoms with van der Waals surface area (Å²) in [5, 5.41) is 13.2. The third kappa shape index (κ3) is 1.75. The Bertz CT molecular complexity index is 552. The van der Waals surface area contributed by atoms with Crippen LogP contribution >= 0.6 is 0 Å². The van der Waals surface area contributed by atoms with E-state index < -0.39 is 0 Å². The maximum Gasteiger partial charge on any atom is 0.121 e. The largest absolute Gasteiger partial charge is 0.497 e. The number of hydrogen-bond donors (Lipinski definition) is 0. The summed E-state index contributed by atoms with van der Waals surface area (Å²) in [7, 11) is 1.60. The van der Waals surface area contributed by atoms with Gasteiger partial charge in [0.1, 0.15) is 11.8 Å². The zero-order valence-electron chi connectivity index (χ0n) is 9.14. The van der Waals surface area contributed by atoms with Crippen LogP contribution in [0.4, 0.5) is 0 Å². The van der Waals surface area contributed by atoms with E-state index in [9.17, 15) is 0 Å². The van der Waals surface area contributed by atoms with E-state index in [2.05, 4.69) is 11.2 Å². The highest BCUT2D eigenvalue weighted by Gasteiger charge is 2.06. The molecule has 1 heterocycles. The molecule has 0 atom stereocenters. The fourth-order valence-electron chi connectivity index (χ4n) is 1.47. The summed E-state index contributed by atoms with van der Waals surface area (Å²) in [6.07, 6.45) is 3.62. The topological polar surface area (TPSA) is 50.8 Å². The van der Waals surface area contributed by atoms with Gasteiger partial charge < -0.3 is 4.74 Å². The third-order valence-corrected chi connectivity index (χ3v) is 2.28. The molecular weight excluding hydrogens is 202 g/mol. The monoisotopic (exact) mass is 213 g/mol. The molecule has 0 aliphatic heterocycles. The van der Waals surface area contributed by atoms with Gasteiger partial charge in [-0.05, 0) is 24.6 Å². The second kappa shape index (κ2) is 4.07. The number of rotatable bonds is 2. The molecule has 2 aromatic rings. The molecule has 4 heteroatoms. The van der Waals surface area contributed by atoms with E-state index in [0.717, 1.165) is 11.3 Å². The van der Waals surface area contributed by atoms with Crippen LogP contribution in [0.2, 0.25) is 0 Å². The Hall–Kier alpha value is -2.28. The summed E-state index contributed by atoms with van der Waals surface area (Å²) in [5.41, 5.74) is 2.35. The van der Waals surface area contributed by atoms with Gasteiger partial charge in [0, 0.05) is 12.3 Å². The van der Waals surface area contributed by atoms with Crippen molar-refractivity contribution in [3.8, 4) is 17.5 Å². The van der Waals surface area contributed by atoms with Gasteiger partial charge >= 0.3 is 0 Å². The van der Waals surface area contributed by atoms with Crippen molar-refractivity contribution in [2.45, 2.75) is 6.92 Å². The molecule has 0 saturated heterocycles. The Kier molecular flexibility index (Phi) is 2.61. The number of nitriles is 1. The summed E-state index contributed by atoms with van der Waals surface area (Å²) in [4.78, 5) is 0. The van der Waals surface area contributed by atoms with Crippen LogP contribution in [0.5, 0.6) is 5.75 Å². The lowest BCUT2D eigenvalue weighted by atomic mass is 10.2. The lowest BCUT2D eigenvalue weighted by Crippen LogP contribution is -1.98. The normalized spacial score (nSPS) is 9.81. The average molecular weight is 213 g/mol. The summed E-state index contributed by atoms with van der Waals surface area (Å²) in [6, 6.07) is 7.42. The highest BCUT2D eigenvalue weighted by Crippen LogP contribution is 2.20. The van der Waals surface area contributed by atoms with E-state index in [0.29, 0.717) is 11.3 Å². The molecule has 16 heavy (non-hydrogen) atoms. The Morgan fingerprint density at radius 2 is 2.25 bits per heavy atom. The first-order valence-electron chi connectivity index (χ1n) is 4.84. The molecule has 0 bridgehead atoms. The Morgan fingerprint density at radius 1 is 1.44 bits per heavy atom. The molecule has 1 aromatic carbocycles. The van der Waals surface area contributed by atoms with Gasteiger partial charge in [0.05, 0.1) is 24.6 Å². The highest BCUT2D eigenvalue weighted by molar-refractivity contribution is 5.52. The molecule has 0 spiro atoms. The van der Waals surface area contributed by atoms with Crippen molar-refractivity contribution in [1.29, 1.82) is 5.26 Å². The Balaban J connectivity index is 2.58. The van der Waals surface area contributed by atoms with Gasteiger partial charge in [-0.1, -0.05) is 0 Å². The first-order chi connectivity index (χ1) is 7.74. The first-order valence-corrected chi connectivity index (χ1v) is 4.84. The van der Waals surface area contributed by atoms with E-state index in [4.69, 9.17) is 10.00 Å². The minimum Gasteiger partial charge on any atom is -0.497 e. The van der Waals surface area contributed by atoms with Crippen LogP contribution < -0.4 is 4.74 Å². The van der Waals surface area contributed by atoms with Gasteiger partial charge in [-0.2, -0.15) is 10.4 Å². The van der Waals surface area contributed by atoms with Crippen LogP contribution in [-0.4, -0.2) is 16.9 Å². The molecule has 0 aliphatic rings. The molecule has 0 radical (unpaired) electrons. The Labute approximate surface area is 93.7 Å². The summed E-state index contributed by atoms with van der Waals surface area (Å²) >= 11 is 0. The molecule has 1 aromatic heterocycles. The minimum atomic E-state index is 0.573. The molecular formula is C12H11N3O. The fourth-order valence-corrected chi connectivity index (χ4v) is 1.47. The number of aromatic nitrogens is 2. The van der Waals surface area contributed by atoms with Gasteiger partial charge in [0.15, 0.2) is 0 Å². The van der Waals surface area contributed by atoms with Crippen molar-refractivity contribution in [2.75, 3.05) is 7.11 Å². The van der Waals surface area contributed by atoms with Crippen molar-refractivity contribution in [1.82, 2.24) is 9.78 Å². The van der Waals surface area contributed by atoms with E-state index in [1.54, 1.807) is 36.2 Å². The van der Waals surface area contributed by atoms with Crippen molar-refractivity contribution in [2.24, 2.45) is 0 Å². The quantitative estimate of drug-likeness (QED) is 0.767. The van der Waals surface area contributed by atoms with Gasteiger partial charge in [0.2, 0.25) is 0 Å². The van der Waals surface area contributed by atoms with Crippen LogP contribution in [0.1, 0.15) is 11.1 Å². The predicted octanol–water partition coefficient (Wildman–Crippen LogP) is 2.06. The van der Waals surface area contributed by atoms with Crippen LogP contribution in [0.25, 0.3) is 5.69 Å². The molecule has 2 rings (SSSR count). The molecule has 4 nitrogen and oxygen atoms in total. The molecule has 0 amide bonds. The van der Waals surface area contributed by atoms with E-state index >= 15 is 0 Å². The number of nitrogens with zero attached hydrogens (tertiary/aromatic N) is 3. The lowest BCUT2D eigenvalue weighted by molar-refractivity contribution is 0.414. The molecule has 0 saturated carbocycles. The van der Waals surface area contributed by atoms with Crippen molar-refractivity contribution in [3.63, 3.8) is 0 Å². The van der Waals surface area contributed by atoms with Gasteiger partial charge in [0.25, 0.3) is 0 Å². The minimum absolute atomic E-state index is 0.573. The van der Waals surface area contributed by atoms with Crippen molar-refractivity contribution in [3.05, 3.63) is 41.7 Å². The third-order valence-electron chi connectivity index (χ3n) is 2.28. The number of ether oxygens (including phenoxy) is 1. The van der Waals surface area contributed by atoms with E-state index in [-0.39, 0.29) is 0 Å². The van der Waals surface area contributed by atoms with Gasteiger partial charge in [-0.3, -0.25) is 0 Å². The summed E-state index contributed by atoms with van der Waals surface area (Å²) in [6.45, 7) is 1.95. The SMILES string of the molecule is COc1ccc(C#N)c(-n2cc(C)cn2)c1. The van der Waals surface area contributed by atoms with Crippen molar-refractivity contribution < 1.29 is 4.74 Å². The summed E-state index contributed by atoms with van der Waals surface area (Å²) in [5.74, 6) is 0.710. The van der Waals surface area contributed by atoms with Gasteiger partial charge in [-0.15, -0.1) is 0 Å². The van der Waals surface area contributed by atoms with Crippen LogP contribution in [0, 0.1) is 18.3 Å². The maximum absolute atomic E-state index is 9.02. The predicted molar refractivity (Wildman–Crippen MR) is 59.6 cm³/mol. The van der Waals surface area contributed by atoms with Crippen molar-refractivity contribution >= 4 is 0 Å². The van der Waals surface area contributed by atoms with Crippen LogP contribution in [-0.2, 0) is 0 Å². The number of benzene rings is 1. The summed E-state index contributed by atoms with van der Waals surface area (Å²) < 4.78 is 6.81. The molecule has 0 unspecified atom stereocenters. The molecule has 0 aliphatic carbocycles. The second-order valence-corrected chi connectivity index (χ2v) is 3.46. The van der Waals surface area contributed by atoms with E-state index in [1.165, 1.54) is 0 Å². The fraction of sp³-hybridized carbons (Fsp3) is 0.167. The zero-order chi connectivity index (χ0) is 11.5. The van der Waals surface area contributed by atoms with Crippen LogP contribution in [0.3, 0.4) is 0 Å². The molecule has 0 fully saturated rings. The molecule has 80 valence electrons. The smallest absolute Gasteiger partial charge is 0.121 e. The lowest BCUT2D eigenvalue weighted by Gasteiger charge is -2.06. The zero-order valence-corrected chi connectivity index (χ0v) is 9.14. The first kappa shape index (κ1) is 10.2. The van der Waals surface area contributed by atoms with Gasteiger partial charge in [-0.25, -0.2) is 4.68 Å². The molecule has 0 N–H and O–H groups in total. The Morgan fingerprint density at radius 3 is 2.81 bits per heavy atom. The average Bonchev–Trinajstić information content (AvgIpc) is 2.75. The number of methoxy groups -OCH3 is 1. The standard InChI is InChI=1S/C12H11N3O/c1-9-7-14-15(8-9)12-5-11(16-2)4-3-10(12)6-13/h3-5,7-8H,1-2H3. The number of aryl methyl sites for hydroxylation is 1.